The lowest BCUT2D eigenvalue weighted by Gasteiger charge is -2.06. The largest absolute Gasteiger partial charge is 0.486 e. The molecule has 0 radical (unpaired) electrons. The lowest BCUT2D eigenvalue weighted by Crippen LogP contribution is -2.10. The van der Waals surface area contributed by atoms with Crippen LogP contribution in [0.25, 0.3) is 0 Å². The number of furan rings is 1. The number of carbonyl (C=O) groups is 1. The fourth-order valence-corrected chi connectivity index (χ4v) is 4.00. The predicted molar refractivity (Wildman–Crippen MR) is 122 cm³/mol. The third-order valence-corrected chi connectivity index (χ3v) is 5.70. The monoisotopic (exact) mass is 427 g/mol. The van der Waals surface area contributed by atoms with E-state index < -0.39 is 0 Å². The van der Waals surface area contributed by atoms with E-state index in [0.717, 1.165) is 31.6 Å². The summed E-state index contributed by atoms with van der Waals surface area (Å²) in [5.41, 5.74) is 4.67. The number of amides is 1. The smallest absolute Gasteiger partial charge is 0.291 e. The Kier molecular flexibility index (Phi) is 5.75. The molecule has 0 bridgehead atoms. The van der Waals surface area contributed by atoms with Crippen LogP contribution in [0.15, 0.2) is 77.5 Å². The molecule has 1 amide bonds. The first-order chi connectivity index (χ1) is 15.7. The molecule has 0 saturated heterocycles. The molecule has 0 unspecified atom stereocenters. The van der Waals surface area contributed by atoms with Gasteiger partial charge in [0.1, 0.15) is 18.1 Å². The Morgan fingerprint density at radius 2 is 1.94 bits per heavy atom. The molecule has 1 aliphatic carbocycles. The van der Waals surface area contributed by atoms with E-state index in [1.54, 1.807) is 18.3 Å². The molecule has 0 saturated carbocycles. The fourth-order valence-electron chi connectivity index (χ4n) is 4.00. The molecule has 0 aliphatic heterocycles. The number of nitrogens with zero attached hydrogens (tertiary/aromatic N) is 2. The molecule has 162 valence electrons. The van der Waals surface area contributed by atoms with Crippen molar-refractivity contribution in [2.45, 2.75) is 38.8 Å². The first-order valence-corrected chi connectivity index (χ1v) is 10.9. The highest BCUT2D eigenvalue weighted by Crippen LogP contribution is 2.26. The van der Waals surface area contributed by atoms with Crippen LogP contribution in [0.2, 0.25) is 0 Å². The zero-order valence-electron chi connectivity index (χ0n) is 17.8. The first kappa shape index (κ1) is 20.1. The summed E-state index contributed by atoms with van der Waals surface area (Å²) in [6.45, 7) is 1.02. The van der Waals surface area contributed by atoms with Crippen LogP contribution < -0.4 is 10.1 Å². The predicted octanol–water partition coefficient (Wildman–Crippen LogP) is 5.04. The minimum atomic E-state index is -0.309. The molecule has 32 heavy (non-hydrogen) atoms. The third-order valence-electron chi connectivity index (χ3n) is 5.70. The minimum Gasteiger partial charge on any atom is -0.486 e. The number of hydrogen-bond donors (Lipinski definition) is 1. The van der Waals surface area contributed by atoms with Crippen molar-refractivity contribution in [3.05, 3.63) is 101 Å². The number of carbonyl (C=O) groups excluding carboxylic acids is 1. The summed E-state index contributed by atoms with van der Waals surface area (Å²) in [6, 6.07) is 19.9. The van der Waals surface area contributed by atoms with Gasteiger partial charge in [0.05, 0.1) is 11.9 Å². The van der Waals surface area contributed by atoms with E-state index in [1.807, 2.05) is 35.1 Å². The summed E-state index contributed by atoms with van der Waals surface area (Å²) >= 11 is 0. The van der Waals surface area contributed by atoms with Crippen molar-refractivity contribution in [2.75, 3.05) is 5.32 Å². The highest BCUT2D eigenvalue weighted by Gasteiger charge is 2.14. The van der Waals surface area contributed by atoms with E-state index in [4.69, 9.17) is 9.15 Å². The number of aryl methyl sites for hydroxylation is 4. The summed E-state index contributed by atoms with van der Waals surface area (Å²) < 4.78 is 13.4. The lowest BCUT2D eigenvalue weighted by molar-refractivity contribution is 0.0992. The van der Waals surface area contributed by atoms with Crippen LogP contribution in [0.5, 0.6) is 5.75 Å². The molecule has 0 atom stereocenters. The third kappa shape index (κ3) is 4.75. The van der Waals surface area contributed by atoms with E-state index in [0.29, 0.717) is 11.4 Å². The fraction of sp³-hybridized carbons (Fsp3) is 0.231. The topological polar surface area (TPSA) is 69.3 Å². The molecule has 1 aliphatic rings. The van der Waals surface area contributed by atoms with Gasteiger partial charge >= 0.3 is 0 Å². The van der Waals surface area contributed by atoms with Crippen LogP contribution in [0.1, 0.15) is 39.4 Å². The highest BCUT2D eigenvalue weighted by atomic mass is 16.5. The number of benzene rings is 2. The maximum absolute atomic E-state index is 12.5. The zero-order valence-corrected chi connectivity index (χ0v) is 17.8. The van der Waals surface area contributed by atoms with Crippen molar-refractivity contribution in [3.8, 4) is 5.75 Å². The van der Waals surface area contributed by atoms with Gasteiger partial charge in [-0.1, -0.05) is 36.4 Å². The Bertz CT molecular complexity index is 1210. The lowest BCUT2D eigenvalue weighted by atomic mass is 10.1. The second-order valence-electron chi connectivity index (χ2n) is 8.02. The number of anilines is 1. The van der Waals surface area contributed by atoms with Gasteiger partial charge in [-0.2, -0.15) is 5.10 Å². The maximum Gasteiger partial charge on any atom is 0.291 e. The average molecular weight is 428 g/mol. The van der Waals surface area contributed by atoms with Gasteiger partial charge in [-0.3, -0.25) is 9.48 Å². The summed E-state index contributed by atoms with van der Waals surface area (Å²) in [6.07, 6.45) is 7.81. The van der Waals surface area contributed by atoms with E-state index in [2.05, 4.69) is 34.7 Å². The zero-order chi connectivity index (χ0) is 21.8. The Morgan fingerprint density at radius 1 is 1.06 bits per heavy atom. The van der Waals surface area contributed by atoms with Gasteiger partial charge in [0.2, 0.25) is 0 Å². The average Bonchev–Trinajstić information content (AvgIpc) is 3.57. The van der Waals surface area contributed by atoms with Gasteiger partial charge in [-0.05, 0) is 66.6 Å². The molecule has 6 heteroatoms. The van der Waals surface area contributed by atoms with Crippen LogP contribution in [-0.4, -0.2) is 15.7 Å². The molecular weight excluding hydrogens is 402 g/mol. The summed E-state index contributed by atoms with van der Waals surface area (Å²) in [5.74, 6) is 1.37. The van der Waals surface area contributed by atoms with Gasteiger partial charge in [0, 0.05) is 12.7 Å². The van der Waals surface area contributed by atoms with Gasteiger partial charge in [-0.15, -0.1) is 0 Å². The number of rotatable bonds is 8. The van der Waals surface area contributed by atoms with Crippen LogP contribution in [-0.2, 0) is 32.4 Å². The second-order valence-corrected chi connectivity index (χ2v) is 8.02. The van der Waals surface area contributed by atoms with Crippen LogP contribution in [0.4, 0.5) is 5.69 Å². The standard InChI is InChI=1S/C26H25N3O3/c30-26(28-22-16-27-29(17-22)14-13-19-5-2-1-3-6-19)25-12-11-24(32-25)18-31-23-10-9-20-7-4-8-21(20)15-23/h1-3,5-6,9-12,15-17H,4,7-8,13-14,18H2,(H,28,30). The molecule has 2 aromatic carbocycles. The summed E-state index contributed by atoms with van der Waals surface area (Å²) in [5, 5.41) is 7.16. The molecule has 6 nitrogen and oxygen atoms in total. The van der Waals surface area contributed by atoms with Crippen LogP contribution in [0.3, 0.4) is 0 Å². The normalized spacial score (nSPS) is 12.5. The Balaban J connectivity index is 1.13. The van der Waals surface area contributed by atoms with Crippen molar-refractivity contribution < 1.29 is 13.9 Å². The quantitative estimate of drug-likeness (QED) is 0.428. The van der Waals surface area contributed by atoms with E-state index >= 15 is 0 Å². The molecule has 2 aromatic heterocycles. The molecule has 2 heterocycles. The number of ether oxygens (including phenoxy) is 1. The summed E-state index contributed by atoms with van der Waals surface area (Å²) in [7, 11) is 0. The molecule has 5 rings (SSSR count). The number of nitrogens with one attached hydrogen (secondary N) is 1. The number of aromatic nitrogens is 2. The van der Waals surface area contributed by atoms with Crippen molar-refractivity contribution in [1.82, 2.24) is 9.78 Å². The molecule has 0 fully saturated rings. The molecule has 4 aromatic rings. The van der Waals surface area contributed by atoms with Crippen molar-refractivity contribution in [2.24, 2.45) is 0 Å². The highest BCUT2D eigenvalue weighted by molar-refractivity contribution is 6.02. The SMILES string of the molecule is O=C(Nc1cnn(CCc2ccccc2)c1)c1ccc(COc2ccc3c(c2)CCC3)o1. The van der Waals surface area contributed by atoms with Gasteiger partial charge in [0.15, 0.2) is 5.76 Å². The molecule has 1 N–H and O–H groups in total. The Labute approximate surface area is 186 Å². The maximum atomic E-state index is 12.5. The van der Waals surface area contributed by atoms with E-state index in [1.165, 1.54) is 23.1 Å². The number of fused-ring (bicyclic) bond motifs is 1. The van der Waals surface area contributed by atoms with Crippen molar-refractivity contribution >= 4 is 11.6 Å². The number of hydrogen-bond acceptors (Lipinski definition) is 4. The molecule has 0 spiro atoms. The second kappa shape index (κ2) is 9.14. The summed E-state index contributed by atoms with van der Waals surface area (Å²) in [4.78, 5) is 12.5. The van der Waals surface area contributed by atoms with Crippen LogP contribution >= 0.6 is 0 Å². The Hall–Kier alpha value is -3.80. The van der Waals surface area contributed by atoms with Crippen molar-refractivity contribution in [1.29, 1.82) is 0 Å². The molecular formula is C26H25N3O3. The van der Waals surface area contributed by atoms with E-state index in [-0.39, 0.29) is 18.3 Å². The van der Waals surface area contributed by atoms with E-state index in [9.17, 15) is 4.79 Å². The van der Waals surface area contributed by atoms with Gasteiger partial charge in [0.25, 0.3) is 5.91 Å². The van der Waals surface area contributed by atoms with Crippen LogP contribution in [0, 0.1) is 0 Å². The minimum absolute atomic E-state index is 0.245. The van der Waals surface area contributed by atoms with Gasteiger partial charge in [-0.25, -0.2) is 0 Å². The first-order valence-electron chi connectivity index (χ1n) is 10.9. The Morgan fingerprint density at radius 3 is 2.84 bits per heavy atom. The van der Waals surface area contributed by atoms with Crippen molar-refractivity contribution in [3.63, 3.8) is 0 Å². The van der Waals surface area contributed by atoms with Gasteiger partial charge < -0.3 is 14.5 Å².